The molecule has 222 valence electrons. The van der Waals surface area contributed by atoms with Gasteiger partial charge in [-0.3, -0.25) is 10.2 Å². The summed E-state index contributed by atoms with van der Waals surface area (Å²) in [7, 11) is 2.15. The third-order valence-electron chi connectivity index (χ3n) is 9.29. The minimum atomic E-state index is -0.535. The quantitative estimate of drug-likeness (QED) is 0.407. The lowest BCUT2D eigenvalue weighted by atomic mass is 9.75. The maximum atomic E-state index is 13.8. The van der Waals surface area contributed by atoms with E-state index in [1.807, 2.05) is 6.07 Å². The summed E-state index contributed by atoms with van der Waals surface area (Å²) < 4.78 is 33.1. The van der Waals surface area contributed by atoms with Gasteiger partial charge in [0.05, 0.1) is 11.7 Å². The molecule has 8 nitrogen and oxygen atoms in total. The van der Waals surface area contributed by atoms with Crippen LogP contribution in [0.3, 0.4) is 0 Å². The van der Waals surface area contributed by atoms with Crippen LogP contribution >= 0.6 is 0 Å². The van der Waals surface area contributed by atoms with Crippen molar-refractivity contribution >= 4 is 17.3 Å². The topological polar surface area (TPSA) is 80.9 Å². The van der Waals surface area contributed by atoms with E-state index >= 15 is 0 Å². The largest absolute Gasteiger partial charge is 0.381 e. The van der Waals surface area contributed by atoms with Crippen molar-refractivity contribution in [2.45, 2.75) is 56.8 Å². The van der Waals surface area contributed by atoms with Crippen LogP contribution in [0.4, 0.5) is 20.2 Å². The summed E-state index contributed by atoms with van der Waals surface area (Å²) in [5.41, 5.74) is 10.0. The highest BCUT2D eigenvalue weighted by Crippen LogP contribution is 2.36. The second-order valence-electron chi connectivity index (χ2n) is 12.2. The van der Waals surface area contributed by atoms with Crippen molar-refractivity contribution in [3.05, 3.63) is 59.2 Å². The number of likely N-dealkylation sites (N-methyl/N-ethyl adjacent to an activating group) is 1. The van der Waals surface area contributed by atoms with Crippen molar-refractivity contribution in [3.63, 3.8) is 0 Å². The standard InChI is InChI=1S/C31H42F2N6O2/c1-38-8-10-39(11-9-38)25-3-4-26(29(19-25)34-24-6-12-41-13-7-24)31(40)35-30-27-17-20(2-5-28(27)36-37-30)14-21-15-22(32)18-23(33)16-21/h3-4,15-16,18-20,24,27-28,30,34,36-37H,2,5-14,17H2,1H3,(H,35,40). The van der Waals surface area contributed by atoms with Crippen LogP contribution in [0.1, 0.15) is 48.0 Å². The van der Waals surface area contributed by atoms with E-state index in [0.717, 1.165) is 88.9 Å². The summed E-state index contributed by atoms with van der Waals surface area (Å²) in [4.78, 5) is 18.5. The monoisotopic (exact) mass is 568 g/mol. The number of anilines is 2. The molecule has 2 aromatic rings. The van der Waals surface area contributed by atoms with Gasteiger partial charge in [0.2, 0.25) is 0 Å². The van der Waals surface area contributed by atoms with E-state index in [2.05, 4.69) is 50.5 Å². The Labute approximate surface area is 241 Å². The fourth-order valence-corrected chi connectivity index (χ4v) is 6.93. The SMILES string of the molecule is CN1CCN(c2ccc(C(=O)NC3NNC4CCC(Cc5cc(F)cc(F)c5)CC43)c(NC3CCOCC3)c2)CC1. The fourth-order valence-electron chi connectivity index (χ4n) is 6.93. The van der Waals surface area contributed by atoms with Crippen LogP contribution < -0.4 is 26.4 Å². The second-order valence-corrected chi connectivity index (χ2v) is 12.2. The molecule has 41 heavy (non-hydrogen) atoms. The van der Waals surface area contributed by atoms with Gasteiger partial charge in [0.25, 0.3) is 5.91 Å². The first-order chi connectivity index (χ1) is 19.9. The van der Waals surface area contributed by atoms with Gasteiger partial charge in [-0.1, -0.05) is 0 Å². The first-order valence-corrected chi connectivity index (χ1v) is 15.1. The van der Waals surface area contributed by atoms with Gasteiger partial charge >= 0.3 is 0 Å². The van der Waals surface area contributed by atoms with Crippen LogP contribution in [0.5, 0.6) is 0 Å². The Kier molecular flexibility index (Phi) is 8.71. The predicted molar refractivity (Wildman–Crippen MR) is 156 cm³/mol. The van der Waals surface area contributed by atoms with Crippen molar-refractivity contribution in [2.75, 3.05) is 56.7 Å². The highest BCUT2D eigenvalue weighted by Gasteiger charge is 2.41. The maximum absolute atomic E-state index is 13.8. The van der Waals surface area contributed by atoms with E-state index < -0.39 is 11.6 Å². The molecular formula is C31H42F2N6O2. The zero-order valence-electron chi connectivity index (χ0n) is 23.8. The van der Waals surface area contributed by atoms with E-state index in [9.17, 15) is 13.6 Å². The molecule has 4 fully saturated rings. The van der Waals surface area contributed by atoms with Crippen molar-refractivity contribution in [2.24, 2.45) is 11.8 Å². The molecular weight excluding hydrogens is 526 g/mol. The van der Waals surface area contributed by atoms with Gasteiger partial charge in [0.15, 0.2) is 0 Å². The van der Waals surface area contributed by atoms with Gasteiger partial charge < -0.3 is 25.2 Å². The number of ether oxygens (including phenoxy) is 1. The Bertz CT molecular complexity index is 1200. The minimum Gasteiger partial charge on any atom is -0.381 e. The molecule has 6 rings (SSSR count). The number of hydrogen-bond donors (Lipinski definition) is 4. The highest BCUT2D eigenvalue weighted by atomic mass is 19.1. The van der Waals surface area contributed by atoms with Gasteiger partial charge in [-0.25, -0.2) is 14.2 Å². The molecule has 0 aromatic heterocycles. The number of amides is 1. The number of hydrazine groups is 1. The predicted octanol–water partition coefficient (Wildman–Crippen LogP) is 3.50. The Hall–Kier alpha value is -2.79. The first-order valence-electron chi connectivity index (χ1n) is 15.1. The lowest BCUT2D eigenvalue weighted by Gasteiger charge is -2.35. The molecule has 3 saturated heterocycles. The summed E-state index contributed by atoms with van der Waals surface area (Å²) in [5, 5.41) is 6.93. The van der Waals surface area contributed by atoms with Gasteiger partial charge in [0, 0.05) is 74.8 Å². The van der Waals surface area contributed by atoms with Gasteiger partial charge in [-0.05, 0) is 87.4 Å². The van der Waals surface area contributed by atoms with E-state index in [1.54, 1.807) is 0 Å². The van der Waals surface area contributed by atoms with Crippen LogP contribution in [-0.2, 0) is 11.2 Å². The average Bonchev–Trinajstić information content (AvgIpc) is 3.35. The van der Waals surface area contributed by atoms with Crippen LogP contribution in [-0.4, -0.2) is 75.5 Å². The molecule has 4 aliphatic rings. The number of halogens is 2. The normalized spacial score (nSPS) is 27.4. The Morgan fingerprint density at radius 3 is 2.49 bits per heavy atom. The van der Waals surface area contributed by atoms with E-state index in [4.69, 9.17) is 4.74 Å². The molecule has 2 aromatic carbocycles. The molecule has 1 amide bonds. The first kappa shape index (κ1) is 28.3. The summed E-state index contributed by atoms with van der Waals surface area (Å²) in [6.07, 6.45) is 5.01. The summed E-state index contributed by atoms with van der Waals surface area (Å²) in [6.45, 7) is 5.40. The van der Waals surface area contributed by atoms with Gasteiger partial charge in [0.1, 0.15) is 11.6 Å². The molecule has 0 bridgehead atoms. The lowest BCUT2D eigenvalue weighted by Crippen LogP contribution is -2.47. The van der Waals surface area contributed by atoms with Crippen LogP contribution in [0, 0.1) is 23.5 Å². The number of carbonyl (C=O) groups excluding carboxylic acids is 1. The van der Waals surface area contributed by atoms with Crippen LogP contribution in [0.15, 0.2) is 36.4 Å². The zero-order valence-corrected chi connectivity index (χ0v) is 23.8. The second kappa shape index (κ2) is 12.6. The molecule has 4 atom stereocenters. The molecule has 0 radical (unpaired) electrons. The third kappa shape index (κ3) is 6.83. The number of benzene rings is 2. The molecule has 0 spiro atoms. The molecule has 1 aliphatic carbocycles. The van der Waals surface area contributed by atoms with E-state index in [0.29, 0.717) is 23.5 Å². The Morgan fingerprint density at radius 1 is 0.976 bits per heavy atom. The van der Waals surface area contributed by atoms with Crippen LogP contribution in [0.25, 0.3) is 0 Å². The summed E-state index contributed by atoms with van der Waals surface area (Å²) in [5.74, 6) is -0.697. The number of nitrogens with zero attached hydrogens (tertiary/aromatic N) is 2. The average molecular weight is 569 g/mol. The molecule has 4 N–H and O–H groups in total. The van der Waals surface area contributed by atoms with Gasteiger partial charge in [-0.2, -0.15) is 0 Å². The number of hydrogen-bond acceptors (Lipinski definition) is 7. The number of rotatable bonds is 7. The zero-order chi connectivity index (χ0) is 28.3. The smallest absolute Gasteiger partial charge is 0.254 e. The molecule has 1 saturated carbocycles. The molecule has 3 heterocycles. The molecule has 3 aliphatic heterocycles. The lowest BCUT2D eigenvalue weighted by molar-refractivity contribution is 0.0900. The van der Waals surface area contributed by atoms with E-state index in [1.165, 1.54) is 12.1 Å². The molecule has 10 heteroatoms. The fraction of sp³-hybridized carbons (Fsp3) is 0.581. The van der Waals surface area contributed by atoms with Crippen LogP contribution in [0.2, 0.25) is 0 Å². The van der Waals surface area contributed by atoms with E-state index in [-0.39, 0.29) is 30.1 Å². The number of carbonyl (C=O) groups is 1. The third-order valence-corrected chi connectivity index (χ3v) is 9.29. The van der Waals surface area contributed by atoms with Crippen molar-refractivity contribution in [3.8, 4) is 0 Å². The number of nitrogens with one attached hydrogen (secondary N) is 4. The van der Waals surface area contributed by atoms with Crippen molar-refractivity contribution < 1.29 is 18.3 Å². The van der Waals surface area contributed by atoms with Crippen molar-refractivity contribution in [1.82, 2.24) is 21.1 Å². The Balaban J connectivity index is 1.15. The van der Waals surface area contributed by atoms with Gasteiger partial charge in [-0.15, -0.1) is 0 Å². The summed E-state index contributed by atoms with van der Waals surface area (Å²) in [6, 6.07) is 10.4. The minimum absolute atomic E-state index is 0.112. The Morgan fingerprint density at radius 2 is 1.73 bits per heavy atom. The number of piperazine rings is 1. The van der Waals surface area contributed by atoms with Crippen molar-refractivity contribution in [1.29, 1.82) is 0 Å². The summed E-state index contributed by atoms with van der Waals surface area (Å²) >= 11 is 0. The maximum Gasteiger partial charge on any atom is 0.254 e. The highest BCUT2D eigenvalue weighted by molar-refractivity contribution is 6.00. The number of fused-ring (bicyclic) bond motifs is 1. The molecule has 4 unspecified atom stereocenters.